The van der Waals surface area contributed by atoms with Crippen molar-refractivity contribution in [2.45, 2.75) is 19.4 Å². The van der Waals surface area contributed by atoms with Gasteiger partial charge in [0.15, 0.2) is 11.9 Å². The molecular formula is C25H22FNO4. The van der Waals surface area contributed by atoms with E-state index in [1.165, 1.54) is 31.2 Å². The number of hydrogen-bond acceptors (Lipinski definition) is 4. The maximum atomic E-state index is 12.9. The molecule has 6 heteroatoms. The van der Waals surface area contributed by atoms with Gasteiger partial charge < -0.3 is 10.1 Å². The zero-order valence-corrected chi connectivity index (χ0v) is 17.0. The van der Waals surface area contributed by atoms with Crippen molar-refractivity contribution in [2.24, 2.45) is 0 Å². The number of carbonyl (C=O) groups excluding carboxylic acids is 3. The Hall–Kier alpha value is -3.80. The number of rotatable bonds is 8. The first-order chi connectivity index (χ1) is 14.9. The van der Waals surface area contributed by atoms with Gasteiger partial charge in [-0.25, -0.2) is 9.18 Å². The fraction of sp³-hybridized carbons (Fsp3) is 0.160. The number of amides is 1. The Morgan fingerprint density at radius 2 is 1.42 bits per heavy atom. The average molecular weight is 419 g/mol. The fourth-order valence-corrected chi connectivity index (χ4v) is 2.92. The summed E-state index contributed by atoms with van der Waals surface area (Å²) in [6.07, 6.45) is -0.449. The predicted octanol–water partition coefficient (Wildman–Crippen LogP) is 3.96. The summed E-state index contributed by atoms with van der Waals surface area (Å²) in [5.41, 5.74) is 2.14. The molecule has 0 aliphatic heterocycles. The predicted molar refractivity (Wildman–Crippen MR) is 114 cm³/mol. The van der Waals surface area contributed by atoms with Crippen molar-refractivity contribution in [2.75, 3.05) is 6.54 Å². The van der Waals surface area contributed by atoms with Crippen LogP contribution >= 0.6 is 0 Å². The van der Waals surface area contributed by atoms with Gasteiger partial charge in [-0.1, -0.05) is 54.6 Å². The van der Waals surface area contributed by atoms with E-state index in [1.807, 2.05) is 6.07 Å². The second-order valence-corrected chi connectivity index (χ2v) is 6.99. The molecule has 5 nitrogen and oxygen atoms in total. The van der Waals surface area contributed by atoms with Crippen LogP contribution in [0.1, 0.15) is 38.8 Å². The first kappa shape index (κ1) is 21.9. The maximum absolute atomic E-state index is 12.9. The summed E-state index contributed by atoms with van der Waals surface area (Å²) in [7, 11) is 0. The largest absolute Gasteiger partial charge is 0.449 e. The molecule has 0 radical (unpaired) electrons. The molecule has 3 rings (SSSR count). The van der Waals surface area contributed by atoms with Gasteiger partial charge in [0, 0.05) is 17.7 Å². The molecule has 3 aromatic rings. The molecule has 0 saturated heterocycles. The first-order valence-electron chi connectivity index (χ1n) is 9.87. The Bertz CT molecular complexity index is 1050. The van der Waals surface area contributed by atoms with Gasteiger partial charge in [0.25, 0.3) is 5.91 Å². The molecule has 0 heterocycles. The Labute approximate surface area is 179 Å². The Morgan fingerprint density at radius 3 is 2.06 bits per heavy atom. The highest BCUT2D eigenvalue weighted by Crippen LogP contribution is 2.12. The molecule has 1 amide bonds. The molecule has 0 spiro atoms. The van der Waals surface area contributed by atoms with Crippen LogP contribution in [0.4, 0.5) is 4.39 Å². The minimum absolute atomic E-state index is 0.144. The summed E-state index contributed by atoms with van der Waals surface area (Å²) >= 11 is 0. The van der Waals surface area contributed by atoms with E-state index in [1.54, 1.807) is 48.5 Å². The quantitative estimate of drug-likeness (QED) is 0.443. The van der Waals surface area contributed by atoms with Gasteiger partial charge in [-0.2, -0.15) is 0 Å². The second kappa shape index (κ2) is 10.3. The standard InChI is InChI=1S/C25H22FNO4/c1-17(24(29)27-16-15-18-7-13-22(26)14-8-18)31-25(30)21-11-9-20(10-12-21)23(28)19-5-3-2-4-6-19/h2-14,17H,15-16H2,1H3,(H,27,29)/t17-/m0/s1. The van der Waals surface area contributed by atoms with E-state index in [-0.39, 0.29) is 17.2 Å². The molecule has 0 aliphatic rings. The molecule has 0 bridgehead atoms. The number of ketones is 1. The van der Waals surface area contributed by atoms with Crippen molar-refractivity contribution in [3.8, 4) is 0 Å². The van der Waals surface area contributed by atoms with E-state index in [4.69, 9.17) is 4.74 Å². The number of halogens is 1. The summed E-state index contributed by atoms with van der Waals surface area (Å²) < 4.78 is 18.1. The van der Waals surface area contributed by atoms with Gasteiger partial charge in [0.1, 0.15) is 5.82 Å². The van der Waals surface area contributed by atoms with Crippen LogP contribution in [0.5, 0.6) is 0 Å². The lowest BCUT2D eigenvalue weighted by molar-refractivity contribution is -0.129. The van der Waals surface area contributed by atoms with E-state index >= 15 is 0 Å². The van der Waals surface area contributed by atoms with Crippen LogP contribution in [-0.2, 0) is 16.0 Å². The number of nitrogens with one attached hydrogen (secondary N) is 1. The van der Waals surface area contributed by atoms with Crippen LogP contribution in [0.25, 0.3) is 0 Å². The summed E-state index contributed by atoms with van der Waals surface area (Å²) in [6.45, 7) is 1.82. The van der Waals surface area contributed by atoms with Crippen molar-refractivity contribution in [3.05, 3.63) is 107 Å². The highest BCUT2D eigenvalue weighted by molar-refractivity contribution is 6.09. The van der Waals surface area contributed by atoms with Gasteiger partial charge in [-0.3, -0.25) is 9.59 Å². The normalized spacial score (nSPS) is 11.4. The number of benzene rings is 3. The van der Waals surface area contributed by atoms with Gasteiger partial charge in [0.05, 0.1) is 5.56 Å². The summed E-state index contributed by atoms with van der Waals surface area (Å²) in [6, 6.07) is 21.0. The third kappa shape index (κ3) is 6.09. The van der Waals surface area contributed by atoms with Crippen LogP contribution in [0.2, 0.25) is 0 Å². The van der Waals surface area contributed by atoms with Gasteiger partial charge >= 0.3 is 5.97 Å². The van der Waals surface area contributed by atoms with E-state index in [0.717, 1.165) is 5.56 Å². The second-order valence-electron chi connectivity index (χ2n) is 6.99. The average Bonchev–Trinajstić information content (AvgIpc) is 2.80. The molecule has 1 atom stereocenters. The lowest BCUT2D eigenvalue weighted by atomic mass is 10.0. The smallest absolute Gasteiger partial charge is 0.338 e. The molecule has 0 aromatic heterocycles. The van der Waals surface area contributed by atoms with Crippen LogP contribution in [0, 0.1) is 5.82 Å². The molecule has 31 heavy (non-hydrogen) atoms. The lowest BCUT2D eigenvalue weighted by Gasteiger charge is -2.14. The SMILES string of the molecule is C[C@H](OC(=O)c1ccc(C(=O)c2ccccc2)cc1)C(=O)NCCc1ccc(F)cc1. The molecule has 0 unspecified atom stereocenters. The molecule has 3 aromatic carbocycles. The Morgan fingerprint density at radius 1 is 0.839 bits per heavy atom. The zero-order chi connectivity index (χ0) is 22.2. The van der Waals surface area contributed by atoms with Crippen LogP contribution in [0.3, 0.4) is 0 Å². The van der Waals surface area contributed by atoms with Crippen molar-refractivity contribution in [1.82, 2.24) is 5.32 Å². The fourth-order valence-electron chi connectivity index (χ4n) is 2.92. The lowest BCUT2D eigenvalue weighted by Crippen LogP contribution is -2.36. The Balaban J connectivity index is 1.50. The van der Waals surface area contributed by atoms with Crippen LogP contribution in [0.15, 0.2) is 78.9 Å². The van der Waals surface area contributed by atoms with E-state index < -0.39 is 18.0 Å². The van der Waals surface area contributed by atoms with Crippen LogP contribution in [-0.4, -0.2) is 30.3 Å². The maximum Gasteiger partial charge on any atom is 0.338 e. The number of hydrogen-bond donors (Lipinski definition) is 1. The summed E-state index contributed by atoms with van der Waals surface area (Å²) in [5, 5.41) is 2.69. The molecular weight excluding hydrogens is 397 g/mol. The van der Waals surface area contributed by atoms with E-state index in [0.29, 0.717) is 24.1 Å². The molecule has 0 aliphatic carbocycles. The van der Waals surface area contributed by atoms with Gasteiger partial charge in [0.2, 0.25) is 0 Å². The Kier molecular flexibility index (Phi) is 7.27. The first-order valence-corrected chi connectivity index (χ1v) is 9.87. The highest BCUT2D eigenvalue weighted by atomic mass is 19.1. The van der Waals surface area contributed by atoms with Gasteiger partial charge in [-0.05, 0) is 43.2 Å². The number of ether oxygens (including phenoxy) is 1. The van der Waals surface area contributed by atoms with Crippen molar-refractivity contribution >= 4 is 17.7 Å². The van der Waals surface area contributed by atoms with Crippen LogP contribution < -0.4 is 5.32 Å². The van der Waals surface area contributed by atoms with E-state index in [2.05, 4.69) is 5.32 Å². The topological polar surface area (TPSA) is 72.5 Å². The third-order valence-electron chi connectivity index (χ3n) is 4.70. The van der Waals surface area contributed by atoms with Crippen molar-refractivity contribution in [3.63, 3.8) is 0 Å². The van der Waals surface area contributed by atoms with Gasteiger partial charge in [-0.15, -0.1) is 0 Å². The monoisotopic (exact) mass is 419 g/mol. The highest BCUT2D eigenvalue weighted by Gasteiger charge is 2.19. The molecule has 158 valence electrons. The third-order valence-corrected chi connectivity index (χ3v) is 4.70. The zero-order valence-electron chi connectivity index (χ0n) is 17.0. The number of esters is 1. The number of carbonyl (C=O) groups is 3. The minimum Gasteiger partial charge on any atom is -0.449 e. The molecule has 0 saturated carbocycles. The molecule has 0 fully saturated rings. The van der Waals surface area contributed by atoms with Crippen molar-refractivity contribution in [1.29, 1.82) is 0 Å². The van der Waals surface area contributed by atoms with E-state index in [9.17, 15) is 18.8 Å². The summed E-state index contributed by atoms with van der Waals surface area (Å²) in [5.74, 6) is -1.54. The minimum atomic E-state index is -0.980. The summed E-state index contributed by atoms with van der Waals surface area (Å²) in [4.78, 5) is 36.9. The molecule has 1 N–H and O–H groups in total. The van der Waals surface area contributed by atoms with Crippen molar-refractivity contribution < 1.29 is 23.5 Å².